The van der Waals surface area contributed by atoms with Gasteiger partial charge in [0, 0.05) is 30.2 Å². The van der Waals surface area contributed by atoms with Crippen molar-refractivity contribution in [3.05, 3.63) is 76.0 Å². The molecule has 0 aromatic heterocycles. The molecule has 1 aliphatic carbocycles. The van der Waals surface area contributed by atoms with E-state index in [1.807, 2.05) is 64.4 Å². The van der Waals surface area contributed by atoms with Crippen LogP contribution in [-0.2, 0) is 16.1 Å². The second-order valence-electron chi connectivity index (χ2n) is 9.20. The Labute approximate surface area is 200 Å². The third-order valence-corrected chi connectivity index (χ3v) is 7.18. The van der Waals surface area contributed by atoms with Gasteiger partial charge in [0.2, 0.25) is 0 Å². The number of nitrogens with zero attached hydrogens (tertiary/aromatic N) is 2. The van der Waals surface area contributed by atoms with E-state index in [1.54, 1.807) is 0 Å². The molecule has 5 nitrogen and oxygen atoms in total. The van der Waals surface area contributed by atoms with Crippen molar-refractivity contribution in [3.63, 3.8) is 0 Å². The summed E-state index contributed by atoms with van der Waals surface area (Å²) in [6.45, 7) is 2.21. The number of carbonyl (C=O) groups excluding carboxylic acids is 2. The van der Waals surface area contributed by atoms with E-state index in [-0.39, 0.29) is 24.0 Å². The molecule has 1 saturated carbocycles. The Morgan fingerprint density at radius 3 is 2.39 bits per heavy atom. The maximum Gasteiger partial charge on any atom is 0.289 e. The molecule has 2 heterocycles. The minimum atomic E-state index is -0.0784. The highest BCUT2D eigenvalue weighted by Crippen LogP contribution is 2.34. The number of rotatable bonds is 4. The van der Waals surface area contributed by atoms with Crippen LogP contribution in [0.5, 0.6) is 0 Å². The van der Waals surface area contributed by atoms with Crippen LogP contribution in [0.2, 0.25) is 5.02 Å². The molecule has 2 unspecified atom stereocenters. The Morgan fingerprint density at radius 2 is 1.67 bits per heavy atom. The van der Waals surface area contributed by atoms with Crippen LogP contribution < -0.4 is 0 Å². The van der Waals surface area contributed by atoms with Crippen molar-refractivity contribution in [2.45, 2.75) is 57.2 Å². The predicted molar refractivity (Wildman–Crippen MR) is 129 cm³/mol. The molecule has 2 aromatic carbocycles. The molecule has 0 N–H and O–H groups in total. The standard InChI is InChI=1S/C27H29ClN2O3/c28-22-13-9-20(10-14-22)18-30-23-5-1-2-6-24(23)33-25(27(30)32)17-19-7-11-21(12-8-19)26(31)29-15-3-4-16-29/h7-14,17,23-24H,1-6,15-16,18H2/b25-17+. The molecule has 172 valence electrons. The van der Waals surface area contributed by atoms with Gasteiger partial charge in [-0.2, -0.15) is 0 Å². The molecule has 2 aliphatic heterocycles. The highest BCUT2D eigenvalue weighted by Gasteiger charge is 2.41. The summed E-state index contributed by atoms with van der Waals surface area (Å²) in [7, 11) is 0. The number of likely N-dealkylation sites (tertiary alicyclic amines) is 1. The number of halogens is 1. The SMILES string of the molecule is O=C(c1ccc(/C=C2/OC3CCCCC3N(Cc3ccc(Cl)cc3)C2=O)cc1)N1CCCC1. The molecule has 6 heteroatoms. The Balaban J connectivity index is 1.37. The van der Waals surface area contributed by atoms with Gasteiger partial charge in [0.05, 0.1) is 6.04 Å². The van der Waals surface area contributed by atoms with Crippen LogP contribution in [0.25, 0.3) is 6.08 Å². The minimum absolute atomic E-state index is 0.0195. The van der Waals surface area contributed by atoms with Gasteiger partial charge in [0.15, 0.2) is 5.76 Å². The lowest BCUT2D eigenvalue weighted by molar-refractivity contribution is -0.149. The van der Waals surface area contributed by atoms with Gasteiger partial charge in [-0.15, -0.1) is 0 Å². The number of carbonyl (C=O) groups is 2. The zero-order chi connectivity index (χ0) is 22.8. The van der Waals surface area contributed by atoms with Crippen molar-refractivity contribution in [1.29, 1.82) is 0 Å². The second-order valence-corrected chi connectivity index (χ2v) is 9.63. The van der Waals surface area contributed by atoms with Crippen molar-refractivity contribution in [3.8, 4) is 0 Å². The van der Waals surface area contributed by atoms with Crippen molar-refractivity contribution >= 4 is 29.5 Å². The van der Waals surface area contributed by atoms with Crippen LogP contribution in [0, 0.1) is 0 Å². The average molecular weight is 465 g/mol. The third-order valence-electron chi connectivity index (χ3n) is 6.93. The van der Waals surface area contributed by atoms with Gasteiger partial charge in [0.25, 0.3) is 11.8 Å². The van der Waals surface area contributed by atoms with Crippen LogP contribution >= 0.6 is 11.6 Å². The molecule has 2 amide bonds. The molecule has 0 spiro atoms. The molecule has 2 saturated heterocycles. The fourth-order valence-electron chi connectivity index (χ4n) is 5.12. The zero-order valence-corrected chi connectivity index (χ0v) is 19.5. The quantitative estimate of drug-likeness (QED) is 0.578. The van der Waals surface area contributed by atoms with E-state index in [9.17, 15) is 9.59 Å². The smallest absolute Gasteiger partial charge is 0.289 e. The van der Waals surface area contributed by atoms with Crippen LogP contribution in [0.3, 0.4) is 0 Å². The van der Waals surface area contributed by atoms with E-state index in [4.69, 9.17) is 16.3 Å². The molecular formula is C27H29ClN2O3. The fraction of sp³-hybridized carbons (Fsp3) is 0.407. The molecule has 0 radical (unpaired) electrons. The summed E-state index contributed by atoms with van der Waals surface area (Å²) in [5.41, 5.74) is 2.60. The number of fused-ring (bicyclic) bond motifs is 1. The van der Waals surface area contributed by atoms with Crippen molar-refractivity contribution in [2.75, 3.05) is 13.1 Å². The van der Waals surface area contributed by atoms with Gasteiger partial charge < -0.3 is 14.5 Å². The van der Waals surface area contributed by atoms with Gasteiger partial charge in [-0.1, -0.05) is 42.3 Å². The lowest BCUT2D eigenvalue weighted by Crippen LogP contribution is -2.54. The monoisotopic (exact) mass is 464 g/mol. The Kier molecular flexibility index (Phi) is 6.41. The minimum Gasteiger partial charge on any atom is -0.482 e. The number of amides is 2. The number of hydrogen-bond acceptors (Lipinski definition) is 3. The van der Waals surface area contributed by atoms with E-state index in [1.165, 1.54) is 0 Å². The zero-order valence-electron chi connectivity index (χ0n) is 18.7. The Hall–Kier alpha value is -2.79. The molecule has 0 bridgehead atoms. The van der Waals surface area contributed by atoms with Crippen molar-refractivity contribution < 1.29 is 14.3 Å². The summed E-state index contributed by atoms with van der Waals surface area (Å²) in [5.74, 6) is 0.381. The molecule has 3 fully saturated rings. The lowest BCUT2D eigenvalue weighted by Gasteiger charge is -2.44. The van der Waals surface area contributed by atoms with E-state index >= 15 is 0 Å². The van der Waals surface area contributed by atoms with E-state index < -0.39 is 0 Å². The van der Waals surface area contributed by atoms with Crippen molar-refractivity contribution in [2.24, 2.45) is 0 Å². The first-order valence-corrected chi connectivity index (χ1v) is 12.3. The van der Waals surface area contributed by atoms with E-state index in [0.717, 1.165) is 62.7 Å². The average Bonchev–Trinajstić information content (AvgIpc) is 3.38. The molecule has 3 aliphatic rings. The first-order chi connectivity index (χ1) is 16.1. The summed E-state index contributed by atoms with van der Waals surface area (Å²) < 4.78 is 6.23. The van der Waals surface area contributed by atoms with Crippen LogP contribution in [0.15, 0.2) is 54.3 Å². The highest BCUT2D eigenvalue weighted by molar-refractivity contribution is 6.30. The fourth-order valence-corrected chi connectivity index (χ4v) is 5.25. The lowest BCUT2D eigenvalue weighted by atomic mass is 9.89. The molecule has 33 heavy (non-hydrogen) atoms. The van der Waals surface area contributed by atoms with Gasteiger partial charge in [0.1, 0.15) is 6.10 Å². The van der Waals surface area contributed by atoms with Crippen LogP contribution in [0.1, 0.15) is 60.0 Å². The number of benzene rings is 2. The second kappa shape index (κ2) is 9.60. The first-order valence-electron chi connectivity index (χ1n) is 11.9. The summed E-state index contributed by atoms with van der Waals surface area (Å²) in [6.07, 6.45) is 8.12. The summed E-state index contributed by atoms with van der Waals surface area (Å²) in [6, 6.07) is 15.2. The Morgan fingerprint density at radius 1 is 0.970 bits per heavy atom. The van der Waals surface area contributed by atoms with E-state index in [0.29, 0.717) is 22.9 Å². The molecule has 2 aromatic rings. The van der Waals surface area contributed by atoms with Gasteiger partial charge in [-0.25, -0.2) is 0 Å². The maximum atomic E-state index is 13.5. The summed E-state index contributed by atoms with van der Waals surface area (Å²) in [4.78, 5) is 29.9. The molecule has 5 rings (SSSR count). The number of hydrogen-bond donors (Lipinski definition) is 0. The van der Waals surface area contributed by atoms with Crippen LogP contribution in [-0.4, -0.2) is 46.8 Å². The summed E-state index contributed by atoms with van der Waals surface area (Å²) in [5, 5.41) is 0.690. The normalized spacial score (nSPS) is 24.0. The van der Waals surface area contributed by atoms with Crippen molar-refractivity contribution in [1.82, 2.24) is 9.80 Å². The first kappa shape index (κ1) is 22.0. The molecular weight excluding hydrogens is 436 g/mol. The largest absolute Gasteiger partial charge is 0.482 e. The van der Waals surface area contributed by atoms with Gasteiger partial charge in [-0.05, 0) is 73.6 Å². The van der Waals surface area contributed by atoms with Gasteiger partial charge >= 0.3 is 0 Å². The van der Waals surface area contributed by atoms with Gasteiger partial charge in [-0.3, -0.25) is 9.59 Å². The third kappa shape index (κ3) is 4.79. The number of morpholine rings is 1. The summed E-state index contributed by atoms with van der Waals surface area (Å²) >= 11 is 6.04. The van der Waals surface area contributed by atoms with E-state index in [2.05, 4.69) is 0 Å². The van der Waals surface area contributed by atoms with Crippen LogP contribution in [0.4, 0.5) is 0 Å². The highest BCUT2D eigenvalue weighted by atomic mass is 35.5. The maximum absolute atomic E-state index is 13.5. The Bertz CT molecular complexity index is 1040. The number of ether oxygens (including phenoxy) is 1. The predicted octanol–water partition coefficient (Wildman–Crippen LogP) is 5.29. The molecule has 2 atom stereocenters. The topological polar surface area (TPSA) is 49.9 Å².